The Labute approximate surface area is 231 Å². The minimum absolute atomic E-state index is 0.107. The van der Waals surface area contributed by atoms with Gasteiger partial charge in [0.1, 0.15) is 12.2 Å². The fourth-order valence-electron chi connectivity index (χ4n) is 5.50. The van der Waals surface area contributed by atoms with E-state index >= 15 is 0 Å². The maximum absolute atomic E-state index is 11.7. The highest BCUT2D eigenvalue weighted by molar-refractivity contribution is 7.99. The molecule has 39 heavy (non-hydrogen) atoms. The van der Waals surface area contributed by atoms with Gasteiger partial charge in [-0.05, 0) is 44.4 Å². The number of thioether (sulfide) groups is 1. The number of benzene rings is 1. The number of anilines is 2. The summed E-state index contributed by atoms with van der Waals surface area (Å²) in [7, 11) is -3.35. The summed E-state index contributed by atoms with van der Waals surface area (Å²) in [6.45, 7) is 5.80. The summed E-state index contributed by atoms with van der Waals surface area (Å²) in [6.07, 6.45) is 1.95. The smallest absolute Gasteiger partial charge is 0.229 e. The van der Waals surface area contributed by atoms with Gasteiger partial charge < -0.3 is 19.9 Å². The van der Waals surface area contributed by atoms with Gasteiger partial charge in [0.25, 0.3) is 0 Å². The minimum Gasteiger partial charge on any atom is -0.390 e. The predicted octanol–water partition coefficient (Wildman–Crippen LogP) is 2.89. The Kier molecular flexibility index (Phi) is 6.73. The van der Waals surface area contributed by atoms with Gasteiger partial charge in [-0.3, -0.25) is 4.72 Å². The van der Waals surface area contributed by atoms with Gasteiger partial charge in [0.05, 0.1) is 18.4 Å². The molecular weight excluding hydrogens is 542 g/mol. The van der Waals surface area contributed by atoms with Crippen LogP contribution >= 0.6 is 11.8 Å². The molecule has 14 heteroatoms. The first-order chi connectivity index (χ1) is 18.5. The third kappa shape index (κ3) is 5.44. The molecule has 3 N–H and O–H groups in total. The summed E-state index contributed by atoms with van der Waals surface area (Å²) >= 11 is 1.57. The molecule has 0 bridgehead atoms. The van der Waals surface area contributed by atoms with Gasteiger partial charge in [-0.25, -0.2) is 23.1 Å². The van der Waals surface area contributed by atoms with Gasteiger partial charge in [0.2, 0.25) is 10.0 Å². The first-order valence-corrected chi connectivity index (χ1v) is 16.0. The number of aliphatic hydroxyl groups is 1. The standard InChI is InChI=1S/C25H33N7O5S2/c1-5-9-38-24-27-22(26-16-11-15(16)13-7-6-8-14(10-13)30-39(4,34)35)19-23(28-24)32(31-29-19)17-12-18(33)21-20(17)36-25(2,3)37-21/h6-8,10,15-18,20-21,30,33H,5,9,11-12H2,1-4H3,(H,26,27,28). The average molecular weight is 576 g/mol. The van der Waals surface area contributed by atoms with Crippen LogP contribution in [-0.2, 0) is 19.5 Å². The average Bonchev–Trinajstić information content (AvgIpc) is 3.22. The lowest BCUT2D eigenvalue weighted by Gasteiger charge is -2.22. The Bertz CT molecular complexity index is 1500. The first-order valence-electron chi connectivity index (χ1n) is 13.1. The monoisotopic (exact) mass is 575 g/mol. The molecule has 3 fully saturated rings. The number of fused-ring (bicyclic) bond motifs is 2. The second-order valence-corrected chi connectivity index (χ2v) is 13.7. The number of ether oxygens (including phenoxy) is 2. The molecule has 6 rings (SSSR count). The molecule has 1 saturated heterocycles. The topological polar surface area (TPSA) is 153 Å². The molecule has 3 aromatic rings. The summed E-state index contributed by atoms with van der Waals surface area (Å²) in [5.41, 5.74) is 2.74. The minimum atomic E-state index is -3.35. The first kappa shape index (κ1) is 26.7. The van der Waals surface area contributed by atoms with Crippen LogP contribution in [0.3, 0.4) is 0 Å². The van der Waals surface area contributed by atoms with Gasteiger partial charge >= 0.3 is 0 Å². The highest BCUT2D eigenvalue weighted by Crippen LogP contribution is 2.46. The molecule has 1 aromatic carbocycles. The van der Waals surface area contributed by atoms with Crippen molar-refractivity contribution in [1.82, 2.24) is 25.0 Å². The molecule has 0 amide bonds. The van der Waals surface area contributed by atoms with E-state index in [-0.39, 0.29) is 24.1 Å². The number of aliphatic hydroxyl groups excluding tert-OH is 1. The van der Waals surface area contributed by atoms with Crippen molar-refractivity contribution in [3.05, 3.63) is 29.8 Å². The quantitative estimate of drug-likeness (QED) is 0.255. The van der Waals surface area contributed by atoms with Crippen molar-refractivity contribution in [1.29, 1.82) is 0 Å². The molecule has 2 aliphatic carbocycles. The zero-order chi connectivity index (χ0) is 27.5. The highest BCUT2D eigenvalue weighted by Gasteiger charge is 2.55. The Balaban J connectivity index is 1.28. The van der Waals surface area contributed by atoms with E-state index in [2.05, 4.69) is 27.3 Å². The number of nitrogens with one attached hydrogen (secondary N) is 2. The third-order valence-electron chi connectivity index (χ3n) is 7.19. The number of rotatable bonds is 9. The molecule has 2 aromatic heterocycles. The number of nitrogens with zero attached hydrogens (tertiary/aromatic N) is 5. The van der Waals surface area contributed by atoms with Crippen molar-refractivity contribution in [2.75, 3.05) is 22.0 Å². The Hall–Kier alpha value is -2.52. The fraction of sp³-hybridized carbons (Fsp3) is 0.600. The van der Waals surface area contributed by atoms with E-state index in [9.17, 15) is 13.5 Å². The summed E-state index contributed by atoms with van der Waals surface area (Å²) in [5.74, 6) is 0.901. The summed E-state index contributed by atoms with van der Waals surface area (Å²) in [5, 5.41) is 23.8. The van der Waals surface area contributed by atoms with Crippen molar-refractivity contribution >= 4 is 44.5 Å². The predicted molar refractivity (Wildman–Crippen MR) is 147 cm³/mol. The van der Waals surface area contributed by atoms with Crippen molar-refractivity contribution < 1.29 is 23.0 Å². The largest absolute Gasteiger partial charge is 0.390 e. The Morgan fingerprint density at radius 3 is 2.77 bits per heavy atom. The third-order valence-corrected chi connectivity index (χ3v) is 8.85. The van der Waals surface area contributed by atoms with E-state index in [1.54, 1.807) is 22.5 Å². The second kappa shape index (κ2) is 9.84. The van der Waals surface area contributed by atoms with Gasteiger partial charge in [-0.15, -0.1) is 5.10 Å². The molecule has 3 heterocycles. The van der Waals surface area contributed by atoms with Gasteiger partial charge in [0, 0.05) is 29.8 Å². The van der Waals surface area contributed by atoms with Crippen LogP contribution in [0.5, 0.6) is 0 Å². The van der Waals surface area contributed by atoms with E-state index < -0.39 is 28.0 Å². The normalized spacial score (nSPS) is 29.5. The fourth-order valence-corrected chi connectivity index (χ4v) is 6.75. The van der Waals surface area contributed by atoms with E-state index in [0.29, 0.717) is 34.2 Å². The van der Waals surface area contributed by atoms with Crippen LogP contribution in [0.2, 0.25) is 0 Å². The van der Waals surface area contributed by atoms with Crippen LogP contribution < -0.4 is 10.0 Å². The Morgan fingerprint density at radius 1 is 1.21 bits per heavy atom. The van der Waals surface area contributed by atoms with Crippen molar-refractivity contribution in [2.24, 2.45) is 0 Å². The summed E-state index contributed by atoms with van der Waals surface area (Å²) in [6, 6.07) is 7.29. The van der Waals surface area contributed by atoms with Crippen molar-refractivity contribution in [3.63, 3.8) is 0 Å². The number of hydrogen-bond acceptors (Lipinski definition) is 11. The Morgan fingerprint density at radius 2 is 2.00 bits per heavy atom. The zero-order valence-corrected chi connectivity index (χ0v) is 23.9. The van der Waals surface area contributed by atoms with Crippen LogP contribution in [-0.4, -0.2) is 80.6 Å². The highest BCUT2D eigenvalue weighted by atomic mass is 32.2. The molecule has 3 aliphatic rings. The van der Waals surface area contributed by atoms with Crippen LogP contribution in [0.1, 0.15) is 57.6 Å². The van der Waals surface area contributed by atoms with Gasteiger partial charge in [-0.1, -0.05) is 36.0 Å². The lowest BCUT2D eigenvalue weighted by Crippen LogP contribution is -2.29. The molecule has 12 nitrogen and oxygen atoms in total. The van der Waals surface area contributed by atoms with Crippen molar-refractivity contribution in [3.8, 4) is 0 Å². The molecule has 1 aliphatic heterocycles. The molecule has 0 radical (unpaired) electrons. The van der Waals surface area contributed by atoms with Crippen LogP contribution in [0.25, 0.3) is 11.2 Å². The molecule has 2 saturated carbocycles. The van der Waals surface area contributed by atoms with Crippen LogP contribution in [0, 0.1) is 0 Å². The lowest BCUT2D eigenvalue weighted by molar-refractivity contribution is -0.165. The molecule has 210 valence electrons. The van der Waals surface area contributed by atoms with Crippen LogP contribution in [0.15, 0.2) is 29.4 Å². The zero-order valence-electron chi connectivity index (χ0n) is 22.2. The lowest BCUT2D eigenvalue weighted by atomic mass is 10.1. The van der Waals surface area contributed by atoms with E-state index in [0.717, 1.165) is 30.4 Å². The van der Waals surface area contributed by atoms with E-state index in [1.807, 2.05) is 32.0 Å². The number of aromatic nitrogens is 5. The SMILES string of the molecule is CCCSc1nc(NC2CC2c2cccc(NS(C)(=O)=O)c2)c2nnn(C3CC(O)C4OC(C)(C)OC43)c2n1. The van der Waals surface area contributed by atoms with Gasteiger partial charge in [0.15, 0.2) is 27.9 Å². The van der Waals surface area contributed by atoms with Gasteiger partial charge in [-0.2, -0.15) is 0 Å². The van der Waals surface area contributed by atoms with E-state index in [4.69, 9.17) is 19.4 Å². The molecule has 6 unspecified atom stereocenters. The molecule has 0 spiro atoms. The summed E-state index contributed by atoms with van der Waals surface area (Å²) < 4.78 is 39.7. The maximum atomic E-state index is 11.7. The maximum Gasteiger partial charge on any atom is 0.229 e. The van der Waals surface area contributed by atoms with E-state index in [1.165, 1.54) is 0 Å². The molecular formula is C25H33N7O5S2. The van der Waals surface area contributed by atoms with Crippen molar-refractivity contribution in [2.45, 2.75) is 87.3 Å². The van der Waals surface area contributed by atoms with Crippen LogP contribution in [0.4, 0.5) is 11.5 Å². The summed E-state index contributed by atoms with van der Waals surface area (Å²) in [4.78, 5) is 9.60. The second-order valence-electron chi connectivity index (χ2n) is 10.9. The number of sulfonamides is 1. The molecule has 6 atom stereocenters. The number of hydrogen-bond donors (Lipinski definition) is 3.